The number of hydrogen-bond acceptors (Lipinski definition) is 5. The highest BCUT2D eigenvalue weighted by atomic mass is 16.6. The molecule has 0 saturated carbocycles. The number of nitrogens with one attached hydrogen (secondary N) is 1. The Morgan fingerprint density at radius 3 is 2.50 bits per heavy atom. The number of rotatable bonds is 4. The van der Waals surface area contributed by atoms with E-state index in [4.69, 9.17) is 0 Å². The minimum atomic E-state index is -0.392. The molecule has 8 nitrogen and oxygen atoms in total. The molecule has 0 atom stereocenters. The van der Waals surface area contributed by atoms with E-state index in [-0.39, 0.29) is 5.69 Å². The highest BCUT2D eigenvalue weighted by Gasteiger charge is 2.20. The van der Waals surface area contributed by atoms with Gasteiger partial charge in [-0.2, -0.15) is 0 Å². The van der Waals surface area contributed by atoms with Gasteiger partial charge < -0.3 is 15.1 Å². The topological polar surface area (TPSA) is 86.9 Å². The first-order valence-electron chi connectivity index (χ1n) is 8.52. The van der Waals surface area contributed by atoms with Crippen molar-refractivity contribution >= 4 is 17.5 Å². The summed E-state index contributed by atoms with van der Waals surface area (Å²) >= 11 is 0. The van der Waals surface area contributed by atoms with Crippen LogP contribution in [0.25, 0.3) is 0 Å². The van der Waals surface area contributed by atoms with E-state index < -0.39 is 4.92 Å². The van der Waals surface area contributed by atoms with Crippen molar-refractivity contribution in [2.45, 2.75) is 6.54 Å². The fourth-order valence-corrected chi connectivity index (χ4v) is 2.94. The highest BCUT2D eigenvalue weighted by Crippen LogP contribution is 2.14. The molecule has 0 unspecified atom stereocenters. The Balaban J connectivity index is 1.53. The van der Waals surface area contributed by atoms with Gasteiger partial charge in [0.05, 0.1) is 4.92 Å². The summed E-state index contributed by atoms with van der Waals surface area (Å²) in [5.74, 6) is 1.84. The first-order valence-corrected chi connectivity index (χ1v) is 8.52. The van der Waals surface area contributed by atoms with Crippen LogP contribution in [0.2, 0.25) is 0 Å². The predicted octanol–water partition coefficient (Wildman–Crippen LogP) is 1.89. The fourth-order valence-electron chi connectivity index (χ4n) is 2.94. The van der Waals surface area contributed by atoms with Gasteiger partial charge in [0.25, 0.3) is 5.69 Å². The van der Waals surface area contributed by atoms with E-state index in [2.05, 4.69) is 25.1 Å². The first-order chi connectivity index (χ1) is 12.7. The number of aliphatic imine (C=N–C) groups is 1. The van der Waals surface area contributed by atoms with Gasteiger partial charge in [-0.1, -0.05) is 18.2 Å². The maximum atomic E-state index is 10.7. The van der Waals surface area contributed by atoms with Gasteiger partial charge in [-0.05, 0) is 17.7 Å². The van der Waals surface area contributed by atoms with Crippen molar-refractivity contribution in [3.63, 3.8) is 0 Å². The number of aromatic nitrogens is 1. The second-order valence-corrected chi connectivity index (χ2v) is 5.99. The molecule has 136 valence electrons. The molecule has 26 heavy (non-hydrogen) atoms. The van der Waals surface area contributed by atoms with Crippen LogP contribution < -0.4 is 10.2 Å². The van der Waals surface area contributed by atoms with Gasteiger partial charge in [0.15, 0.2) is 5.96 Å². The molecule has 1 saturated heterocycles. The number of benzene rings is 1. The molecular formula is C18H22N6O2. The summed E-state index contributed by atoms with van der Waals surface area (Å²) in [6.45, 7) is 4.06. The number of guanidine groups is 1. The number of pyridine rings is 1. The van der Waals surface area contributed by atoms with Crippen LogP contribution in [0.5, 0.6) is 0 Å². The van der Waals surface area contributed by atoms with Crippen LogP contribution in [0.3, 0.4) is 0 Å². The Labute approximate surface area is 152 Å². The standard InChI is InChI=1S/C18H22N6O2/c1-19-18(21-14-15-5-7-16(8-6-15)24(25)26)23-12-10-22(11-13-23)17-4-2-3-9-20-17/h2-9H,10-14H2,1H3,(H,19,21). The van der Waals surface area contributed by atoms with E-state index in [0.29, 0.717) is 6.54 Å². The molecule has 1 aromatic carbocycles. The number of nitro groups is 1. The maximum Gasteiger partial charge on any atom is 0.269 e. The third-order valence-corrected chi connectivity index (χ3v) is 4.36. The van der Waals surface area contributed by atoms with Crippen molar-refractivity contribution in [2.75, 3.05) is 38.1 Å². The summed E-state index contributed by atoms with van der Waals surface area (Å²) in [6.07, 6.45) is 1.81. The Morgan fingerprint density at radius 2 is 1.92 bits per heavy atom. The maximum absolute atomic E-state index is 10.7. The molecular weight excluding hydrogens is 332 g/mol. The molecule has 2 heterocycles. The molecule has 2 aromatic rings. The monoisotopic (exact) mass is 354 g/mol. The minimum absolute atomic E-state index is 0.101. The minimum Gasteiger partial charge on any atom is -0.353 e. The van der Waals surface area contributed by atoms with Gasteiger partial charge in [0.1, 0.15) is 5.82 Å². The van der Waals surface area contributed by atoms with Crippen LogP contribution in [0, 0.1) is 10.1 Å². The van der Waals surface area contributed by atoms with Crippen molar-refractivity contribution in [1.82, 2.24) is 15.2 Å². The van der Waals surface area contributed by atoms with E-state index in [1.807, 2.05) is 24.4 Å². The molecule has 0 amide bonds. The average Bonchev–Trinajstić information content (AvgIpc) is 2.70. The smallest absolute Gasteiger partial charge is 0.269 e. The van der Waals surface area contributed by atoms with Gasteiger partial charge in [-0.25, -0.2) is 4.98 Å². The van der Waals surface area contributed by atoms with Crippen LogP contribution in [0.1, 0.15) is 5.56 Å². The van der Waals surface area contributed by atoms with E-state index in [1.54, 1.807) is 19.2 Å². The molecule has 3 rings (SSSR count). The number of non-ortho nitro benzene ring substituents is 1. The molecule has 8 heteroatoms. The zero-order valence-electron chi connectivity index (χ0n) is 14.7. The summed E-state index contributed by atoms with van der Waals surface area (Å²) in [6, 6.07) is 12.5. The molecule has 1 aliphatic heterocycles. The van der Waals surface area contributed by atoms with Crippen LogP contribution in [-0.4, -0.2) is 54.0 Å². The van der Waals surface area contributed by atoms with Crippen LogP contribution in [0.4, 0.5) is 11.5 Å². The molecule has 0 spiro atoms. The fraction of sp³-hybridized carbons (Fsp3) is 0.333. The third-order valence-electron chi connectivity index (χ3n) is 4.36. The number of hydrogen-bond donors (Lipinski definition) is 1. The van der Waals surface area contributed by atoms with Gasteiger partial charge in [-0.3, -0.25) is 15.1 Å². The number of nitrogens with zero attached hydrogens (tertiary/aromatic N) is 5. The second-order valence-electron chi connectivity index (χ2n) is 5.99. The molecule has 0 bridgehead atoms. The van der Waals surface area contributed by atoms with Gasteiger partial charge in [-0.15, -0.1) is 0 Å². The van der Waals surface area contributed by atoms with Gasteiger partial charge in [0, 0.05) is 58.1 Å². The molecule has 1 fully saturated rings. The van der Waals surface area contributed by atoms with Crippen LogP contribution in [-0.2, 0) is 6.54 Å². The normalized spacial score (nSPS) is 15.0. The molecule has 1 N–H and O–H groups in total. The molecule has 1 aromatic heterocycles. The van der Waals surface area contributed by atoms with Gasteiger partial charge in [0.2, 0.25) is 0 Å². The van der Waals surface area contributed by atoms with Crippen molar-refractivity contribution in [3.05, 3.63) is 64.3 Å². The van der Waals surface area contributed by atoms with E-state index in [1.165, 1.54) is 12.1 Å². The summed E-state index contributed by atoms with van der Waals surface area (Å²) in [5.41, 5.74) is 1.08. The third kappa shape index (κ3) is 4.27. The van der Waals surface area contributed by atoms with Crippen molar-refractivity contribution in [2.24, 2.45) is 4.99 Å². The molecule has 0 radical (unpaired) electrons. The lowest BCUT2D eigenvalue weighted by atomic mass is 10.2. The Kier molecular flexibility index (Phi) is 5.62. The van der Waals surface area contributed by atoms with E-state index in [0.717, 1.165) is 43.5 Å². The largest absolute Gasteiger partial charge is 0.353 e. The summed E-state index contributed by atoms with van der Waals surface area (Å²) in [7, 11) is 1.77. The highest BCUT2D eigenvalue weighted by molar-refractivity contribution is 5.80. The lowest BCUT2D eigenvalue weighted by Crippen LogP contribution is -2.52. The average molecular weight is 354 g/mol. The predicted molar refractivity (Wildman–Crippen MR) is 101 cm³/mol. The number of nitro benzene ring substituents is 1. The Bertz CT molecular complexity index is 755. The number of anilines is 1. The zero-order chi connectivity index (χ0) is 18.4. The quantitative estimate of drug-likeness (QED) is 0.390. The van der Waals surface area contributed by atoms with Gasteiger partial charge >= 0.3 is 0 Å². The molecule has 1 aliphatic rings. The lowest BCUT2D eigenvalue weighted by Gasteiger charge is -2.37. The summed E-state index contributed by atoms with van der Waals surface area (Å²) in [4.78, 5) is 23.6. The summed E-state index contributed by atoms with van der Waals surface area (Å²) < 4.78 is 0. The van der Waals surface area contributed by atoms with Crippen LogP contribution >= 0.6 is 0 Å². The lowest BCUT2D eigenvalue weighted by molar-refractivity contribution is -0.384. The van der Waals surface area contributed by atoms with Crippen molar-refractivity contribution in [1.29, 1.82) is 0 Å². The second kappa shape index (κ2) is 8.28. The van der Waals surface area contributed by atoms with Crippen molar-refractivity contribution in [3.8, 4) is 0 Å². The summed E-state index contributed by atoms with van der Waals surface area (Å²) in [5, 5.41) is 14.0. The van der Waals surface area contributed by atoms with Crippen LogP contribution in [0.15, 0.2) is 53.7 Å². The van der Waals surface area contributed by atoms with Crippen molar-refractivity contribution < 1.29 is 4.92 Å². The van der Waals surface area contributed by atoms with E-state index >= 15 is 0 Å². The Morgan fingerprint density at radius 1 is 1.19 bits per heavy atom. The first kappa shape index (κ1) is 17.7. The zero-order valence-corrected chi connectivity index (χ0v) is 14.7. The SMILES string of the molecule is CN=C(NCc1ccc([N+](=O)[O-])cc1)N1CCN(c2ccccn2)CC1. The molecule has 0 aliphatic carbocycles. The Hall–Kier alpha value is -3.16. The van der Waals surface area contributed by atoms with E-state index in [9.17, 15) is 10.1 Å². The number of piperazine rings is 1.